The normalized spacial score (nSPS) is 11.2. The fourth-order valence-corrected chi connectivity index (χ4v) is 3.90. The Morgan fingerprint density at radius 2 is 1.96 bits per heavy atom. The van der Waals surface area contributed by atoms with E-state index in [2.05, 4.69) is 4.98 Å². The number of hydrogen-bond donors (Lipinski definition) is 1. The van der Waals surface area contributed by atoms with Crippen LogP contribution in [0.4, 0.5) is 0 Å². The highest BCUT2D eigenvalue weighted by Crippen LogP contribution is 2.34. The molecular formula is C21H19N3O3S. The summed E-state index contributed by atoms with van der Waals surface area (Å²) in [7, 11) is 1.60. The number of ether oxygens (including phenoxy) is 1. The van der Waals surface area contributed by atoms with Gasteiger partial charge in [-0.1, -0.05) is 23.9 Å². The van der Waals surface area contributed by atoms with Gasteiger partial charge in [-0.2, -0.15) is 0 Å². The largest absolute Gasteiger partial charge is 0.497 e. The Morgan fingerprint density at radius 3 is 2.68 bits per heavy atom. The van der Waals surface area contributed by atoms with Crippen LogP contribution in [0, 0.1) is 6.92 Å². The molecule has 4 rings (SSSR count). The quantitative estimate of drug-likeness (QED) is 0.404. The molecule has 0 unspecified atom stereocenters. The van der Waals surface area contributed by atoms with Crippen LogP contribution in [0.2, 0.25) is 0 Å². The van der Waals surface area contributed by atoms with Gasteiger partial charge in [0.05, 0.1) is 24.6 Å². The van der Waals surface area contributed by atoms with E-state index in [4.69, 9.17) is 9.72 Å². The minimum atomic E-state index is -0.873. The summed E-state index contributed by atoms with van der Waals surface area (Å²) in [6.45, 7) is 1.93. The molecule has 7 heteroatoms. The van der Waals surface area contributed by atoms with E-state index >= 15 is 0 Å². The number of carboxylic acid groups (broad SMARTS) is 1. The molecule has 4 aromatic rings. The highest BCUT2D eigenvalue weighted by Gasteiger charge is 2.20. The molecule has 2 aromatic heterocycles. The van der Waals surface area contributed by atoms with E-state index in [1.54, 1.807) is 7.11 Å². The van der Waals surface area contributed by atoms with E-state index in [0.717, 1.165) is 38.9 Å². The van der Waals surface area contributed by atoms with E-state index in [1.807, 2.05) is 60.2 Å². The van der Waals surface area contributed by atoms with Crippen molar-refractivity contribution in [2.24, 2.45) is 0 Å². The molecular weight excluding hydrogens is 374 g/mol. The van der Waals surface area contributed by atoms with Crippen molar-refractivity contribution < 1.29 is 14.6 Å². The third-order valence-electron chi connectivity index (χ3n) is 4.83. The van der Waals surface area contributed by atoms with Gasteiger partial charge >= 0.3 is 5.97 Å². The number of carboxylic acids is 1. The lowest BCUT2D eigenvalue weighted by Gasteiger charge is -2.12. The van der Waals surface area contributed by atoms with E-state index in [0.29, 0.717) is 10.9 Å². The highest BCUT2D eigenvalue weighted by atomic mass is 32.2. The van der Waals surface area contributed by atoms with Crippen LogP contribution >= 0.6 is 11.8 Å². The standard InChI is InChI=1S/C21H19N3O3S/c1-12-15(11-19(25)26)16-10-13(27-2)8-9-18(16)24(12)20-14-6-4-5-7-17(14)22-21(23-20)28-3/h4-10H,11H2,1-3H3,(H,25,26). The first-order chi connectivity index (χ1) is 13.5. The van der Waals surface area contributed by atoms with Gasteiger partial charge in [-0.3, -0.25) is 9.36 Å². The van der Waals surface area contributed by atoms with Crippen LogP contribution in [0.25, 0.3) is 27.6 Å². The summed E-state index contributed by atoms with van der Waals surface area (Å²) in [4.78, 5) is 20.9. The monoisotopic (exact) mass is 393 g/mol. The molecule has 6 nitrogen and oxygen atoms in total. The van der Waals surface area contributed by atoms with Crippen molar-refractivity contribution in [3.05, 3.63) is 53.7 Å². The lowest BCUT2D eigenvalue weighted by atomic mass is 10.1. The molecule has 1 N–H and O–H groups in total. The topological polar surface area (TPSA) is 77.2 Å². The molecule has 0 radical (unpaired) electrons. The smallest absolute Gasteiger partial charge is 0.307 e. The summed E-state index contributed by atoms with van der Waals surface area (Å²) in [5, 5.41) is 11.9. The lowest BCUT2D eigenvalue weighted by Crippen LogP contribution is -2.05. The van der Waals surface area contributed by atoms with Crippen LogP contribution < -0.4 is 4.74 Å². The van der Waals surface area contributed by atoms with E-state index in [-0.39, 0.29) is 6.42 Å². The molecule has 28 heavy (non-hydrogen) atoms. The number of carbonyl (C=O) groups is 1. The molecule has 0 aliphatic rings. The second-order valence-electron chi connectivity index (χ2n) is 6.40. The van der Waals surface area contributed by atoms with Crippen LogP contribution in [0.15, 0.2) is 47.6 Å². The van der Waals surface area contributed by atoms with Crippen LogP contribution in [0.3, 0.4) is 0 Å². The van der Waals surface area contributed by atoms with Gasteiger partial charge in [-0.25, -0.2) is 9.97 Å². The average Bonchev–Trinajstić information content (AvgIpc) is 2.97. The Bertz CT molecular complexity index is 1220. The van der Waals surface area contributed by atoms with Gasteiger partial charge in [0.25, 0.3) is 0 Å². The lowest BCUT2D eigenvalue weighted by molar-refractivity contribution is -0.136. The van der Waals surface area contributed by atoms with Crippen molar-refractivity contribution >= 4 is 39.5 Å². The summed E-state index contributed by atoms with van der Waals surface area (Å²) >= 11 is 1.48. The van der Waals surface area contributed by atoms with Gasteiger partial charge in [-0.15, -0.1) is 0 Å². The van der Waals surface area contributed by atoms with Crippen LogP contribution in [0.1, 0.15) is 11.3 Å². The average molecular weight is 393 g/mol. The van der Waals surface area contributed by atoms with Crippen LogP contribution in [-0.2, 0) is 11.2 Å². The minimum Gasteiger partial charge on any atom is -0.497 e. The number of nitrogens with zero attached hydrogens (tertiary/aromatic N) is 3. The fraction of sp³-hybridized carbons (Fsp3) is 0.190. The zero-order valence-electron chi connectivity index (χ0n) is 15.8. The van der Waals surface area contributed by atoms with Crippen LogP contribution in [-0.4, -0.2) is 39.0 Å². The first kappa shape index (κ1) is 18.3. The Labute approximate surface area is 166 Å². The molecule has 0 atom stereocenters. The van der Waals surface area contributed by atoms with Gasteiger partial charge in [-0.05, 0) is 49.1 Å². The van der Waals surface area contributed by atoms with Crippen molar-refractivity contribution in [1.29, 1.82) is 0 Å². The molecule has 2 aromatic carbocycles. The Hall–Kier alpha value is -3.06. The number of rotatable bonds is 5. The molecule has 0 spiro atoms. The highest BCUT2D eigenvalue weighted by molar-refractivity contribution is 7.98. The van der Waals surface area contributed by atoms with E-state index in [1.165, 1.54) is 11.8 Å². The maximum absolute atomic E-state index is 11.5. The Morgan fingerprint density at radius 1 is 1.18 bits per heavy atom. The van der Waals surface area contributed by atoms with Gasteiger partial charge in [0.15, 0.2) is 5.16 Å². The van der Waals surface area contributed by atoms with Gasteiger partial charge in [0, 0.05) is 16.5 Å². The molecule has 142 valence electrons. The number of hydrogen-bond acceptors (Lipinski definition) is 5. The second kappa shape index (κ2) is 7.16. The van der Waals surface area contributed by atoms with Crippen molar-refractivity contribution in [1.82, 2.24) is 14.5 Å². The summed E-state index contributed by atoms with van der Waals surface area (Å²) in [5.74, 6) is 0.565. The maximum Gasteiger partial charge on any atom is 0.307 e. The molecule has 0 aliphatic heterocycles. The van der Waals surface area contributed by atoms with Crippen LogP contribution in [0.5, 0.6) is 5.75 Å². The number of aromatic nitrogens is 3. The first-order valence-electron chi connectivity index (χ1n) is 8.74. The maximum atomic E-state index is 11.5. The molecule has 2 heterocycles. The molecule has 0 fully saturated rings. The first-order valence-corrected chi connectivity index (χ1v) is 9.96. The van der Waals surface area contributed by atoms with Gasteiger partial charge in [0.1, 0.15) is 11.6 Å². The minimum absolute atomic E-state index is 0.0685. The third-order valence-corrected chi connectivity index (χ3v) is 5.37. The Balaban J connectivity index is 2.11. The number of thioether (sulfide) groups is 1. The fourth-order valence-electron chi connectivity index (χ4n) is 3.54. The van der Waals surface area contributed by atoms with Gasteiger partial charge in [0.2, 0.25) is 0 Å². The molecule has 0 bridgehead atoms. The predicted octanol–water partition coefficient (Wildman–Crippen LogP) is 4.24. The second-order valence-corrected chi connectivity index (χ2v) is 7.18. The number of methoxy groups -OCH3 is 1. The number of aliphatic carboxylic acids is 1. The van der Waals surface area contributed by atoms with Crippen molar-refractivity contribution in [2.45, 2.75) is 18.5 Å². The zero-order chi connectivity index (χ0) is 19.8. The third kappa shape index (κ3) is 2.97. The number of fused-ring (bicyclic) bond motifs is 2. The van der Waals surface area contributed by atoms with Crippen molar-refractivity contribution in [3.8, 4) is 11.6 Å². The summed E-state index contributed by atoms with van der Waals surface area (Å²) in [6, 6.07) is 13.6. The Kier molecular flexibility index (Phi) is 4.68. The van der Waals surface area contributed by atoms with E-state index in [9.17, 15) is 9.90 Å². The number of para-hydroxylation sites is 1. The molecule has 0 amide bonds. The summed E-state index contributed by atoms with van der Waals surface area (Å²) in [5.41, 5.74) is 3.35. The van der Waals surface area contributed by atoms with Crippen molar-refractivity contribution in [3.63, 3.8) is 0 Å². The van der Waals surface area contributed by atoms with Gasteiger partial charge < -0.3 is 9.84 Å². The van der Waals surface area contributed by atoms with Crippen molar-refractivity contribution in [2.75, 3.05) is 13.4 Å². The predicted molar refractivity (Wildman–Crippen MR) is 111 cm³/mol. The molecule has 0 saturated carbocycles. The summed E-state index contributed by atoms with van der Waals surface area (Å²) in [6.07, 6.45) is 1.87. The molecule has 0 saturated heterocycles. The molecule has 0 aliphatic carbocycles. The summed E-state index contributed by atoms with van der Waals surface area (Å²) < 4.78 is 7.38. The zero-order valence-corrected chi connectivity index (χ0v) is 16.6. The van der Waals surface area contributed by atoms with E-state index < -0.39 is 5.97 Å². The number of benzene rings is 2. The SMILES string of the molecule is COc1ccc2c(c1)c(CC(=O)O)c(C)n2-c1nc(SC)nc2ccccc12.